The number of carbonyl (C=O) groups excluding carboxylic acids is 1. The minimum atomic E-state index is 0.248. The molecule has 0 saturated heterocycles. The van der Waals surface area contributed by atoms with Gasteiger partial charge in [0.25, 0.3) is 0 Å². The van der Waals surface area contributed by atoms with Gasteiger partial charge < -0.3 is 0 Å². The van der Waals surface area contributed by atoms with E-state index < -0.39 is 0 Å². The van der Waals surface area contributed by atoms with Crippen LogP contribution in [0.5, 0.6) is 0 Å². The van der Waals surface area contributed by atoms with Crippen molar-refractivity contribution in [1.29, 1.82) is 0 Å². The number of rotatable bonds is 0. The van der Waals surface area contributed by atoms with Crippen LogP contribution in [-0.2, 0) is 4.79 Å². The van der Waals surface area contributed by atoms with Crippen LogP contribution in [0.3, 0.4) is 0 Å². The Morgan fingerprint density at radius 2 is 1.95 bits per heavy atom. The summed E-state index contributed by atoms with van der Waals surface area (Å²) in [6, 6.07) is 0. The molecule has 0 spiro atoms. The lowest BCUT2D eigenvalue weighted by molar-refractivity contribution is -0.117. The SMILES string of the molecule is C#CC1=CC[C@@H]2C3CCC4=CC(=O)CC[C@]4(C)[C@@H]3CC[C@]12C. The van der Waals surface area contributed by atoms with E-state index in [2.05, 4.69) is 25.8 Å². The van der Waals surface area contributed by atoms with Gasteiger partial charge in [-0.1, -0.05) is 31.4 Å². The molecule has 22 heavy (non-hydrogen) atoms. The minimum absolute atomic E-state index is 0.248. The summed E-state index contributed by atoms with van der Waals surface area (Å²) in [4.78, 5) is 11.8. The van der Waals surface area contributed by atoms with Crippen LogP contribution in [-0.4, -0.2) is 5.78 Å². The van der Waals surface area contributed by atoms with E-state index in [1.165, 1.54) is 36.8 Å². The molecule has 1 nitrogen and oxygen atoms in total. The van der Waals surface area contributed by atoms with E-state index in [0.29, 0.717) is 5.78 Å². The third-order valence-electron chi connectivity index (χ3n) is 7.70. The molecule has 1 unspecified atom stereocenters. The van der Waals surface area contributed by atoms with E-state index in [4.69, 9.17) is 6.42 Å². The van der Waals surface area contributed by atoms with Crippen molar-refractivity contribution in [3.63, 3.8) is 0 Å². The molecule has 0 aromatic heterocycles. The molecular formula is C21H26O. The molecule has 2 fully saturated rings. The van der Waals surface area contributed by atoms with Crippen LogP contribution in [0.1, 0.15) is 58.8 Å². The lowest BCUT2D eigenvalue weighted by atomic mass is 9.47. The van der Waals surface area contributed by atoms with E-state index in [1.807, 2.05) is 6.08 Å². The fourth-order valence-corrected chi connectivity index (χ4v) is 6.35. The van der Waals surface area contributed by atoms with Crippen molar-refractivity contribution in [3.8, 4) is 12.3 Å². The minimum Gasteiger partial charge on any atom is -0.295 e. The Hall–Kier alpha value is -1.29. The molecule has 1 heteroatoms. The Kier molecular flexibility index (Phi) is 3.00. The van der Waals surface area contributed by atoms with Crippen LogP contribution >= 0.6 is 0 Å². The summed E-state index contributed by atoms with van der Waals surface area (Å²) in [6.45, 7) is 4.85. The Morgan fingerprint density at radius 3 is 2.73 bits per heavy atom. The largest absolute Gasteiger partial charge is 0.295 e. The van der Waals surface area contributed by atoms with Gasteiger partial charge in [-0.25, -0.2) is 0 Å². The molecule has 4 rings (SSSR count). The van der Waals surface area contributed by atoms with E-state index >= 15 is 0 Å². The van der Waals surface area contributed by atoms with Crippen LogP contribution in [0, 0.1) is 40.9 Å². The highest BCUT2D eigenvalue weighted by atomic mass is 16.1. The second-order valence-corrected chi connectivity index (χ2v) is 8.42. The first kappa shape index (κ1) is 14.3. The third kappa shape index (κ3) is 1.70. The highest BCUT2D eigenvalue weighted by molar-refractivity contribution is 5.91. The summed E-state index contributed by atoms with van der Waals surface area (Å²) in [5.74, 6) is 5.60. The number of carbonyl (C=O) groups is 1. The Balaban J connectivity index is 1.69. The van der Waals surface area contributed by atoms with Crippen molar-refractivity contribution in [2.24, 2.45) is 28.6 Å². The first-order chi connectivity index (χ1) is 10.5. The second-order valence-electron chi connectivity index (χ2n) is 8.42. The zero-order chi connectivity index (χ0) is 15.5. The van der Waals surface area contributed by atoms with Crippen molar-refractivity contribution < 1.29 is 4.79 Å². The van der Waals surface area contributed by atoms with Gasteiger partial charge in [0.05, 0.1) is 0 Å². The molecule has 5 atom stereocenters. The smallest absolute Gasteiger partial charge is 0.155 e. The van der Waals surface area contributed by atoms with Gasteiger partial charge in [0.1, 0.15) is 0 Å². The number of hydrogen-bond donors (Lipinski definition) is 0. The molecule has 0 aliphatic heterocycles. The number of ketones is 1. The molecule has 4 aliphatic rings. The van der Waals surface area contributed by atoms with Gasteiger partial charge in [-0.05, 0) is 67.8 Å². The van der Waals surface area contributed by atoms with Crippen LogP contribution in [0.25, 0.3) is 0 Å². The molecule has 4 aliphatic carbocycles. The molecule has 0 aromatic rings. The highest BCUT2D eigenvalue weighted by Crippen LogP contribution is 2.65. The first-order valence-corrected chi connectivity index (χ1v) is 8.90. The predicted molar refractivity (Wildman–Crippen MR) is 89.0 cm³/mol. The predicted octanol–water partition coefficient (Wildman–Crippen LogP) is 4.69. The molecule has 0 radical (unpaired) electrons. The van der Waals surface area contributed by atoms with Gasteiger partial charge in [0, 0.05) is 17.4 Å². The third-order valence-corrected chi connectivity index (χ3v) is 7.70. The molecule has 0 N–H and O–H groups in total. The maximum absolute atomic E-state index is 11.8. The zero-order valence-electron chi connectivity index (χ0n) is 13.8. The van der Waals surface area contributed by atoms with E-state index in [-0.39, 0.29) is 10.8 Å². The molecule has 2 saturated carbocycles. The number of terminal acetylenes is 1. The number of fused-ring (bicyclic) bond motifs is 5. The van der Waals surface area contributed by atoms with Crippen LogP contribution < -0.4 is 0 Å². The first-order valence-electron chi connectivity index (χ1n) is 8.90. The summed E-state index contributed by atoms with van der Waals surface area (Å²) in [6.07, 6.45) is 18.0. The molecule has 0 amide bonds. The van der Waals surface area contributed by atoms with Gasteiger partial charge in [0.15, 0.2) is 5.78 Å². The molecule has 0 aromatic carbocycles. The zero-order valence-corrected chi connectivity index (χ0v) is 13.8. The standard InChI is InChI=1S/C21H26O/c1-4-14-6-8-18-17-7-5-15-13-16(22)9-11-21(15,3)19(17)10-12-20(14,18)2/h1,6,13,17-19H,5,7-12H2,2-3H3/t17?,18-,19-,20-,21+/m1/s1. The molecule has 0 bridgehead atoms. The summed E-state index contributed by atoms with van der Waals surface area (Å²) in [5.41, 5.74) is 3.24. The summed E-state index contributed by atoms with van der Waals surface area (Å²) < 4.78 is 0. The van der Waals surface area contributed by atoms with E-state index in [1.54, 1.807) is 0 Å². The average Bonchev–Trinajstić information content (AvgIpc) is 2.84. The number of allylic oxidation sites excluding steroid dienone is 4. The lowest BCUT2D eigenvalue weighted by Crippen LogP contribution is -2.50. The Labute approximate surface area is 134 Å². The highest BCUT2D eigenvalue weighted by Gasteiger charge is 2.56. The molecular weight excluding hydrogens is 268 g/mol. The lowest BCUT2D eigenvalue weighted by Gasteiger charge is -2.57. The van der Waals surface area contributed by atoms with Crippen molar-refractivity contribution in [1.82, 2.24) is 0 Å². The van der Waals surface area contributed by atoms with Gasteiger partial charge in [0.2, 0.25) is 0 Å². The van der Waals surface area contributed by atoms with Crippen molar-refractivity contribution in [3.05, 3.63) is 23.3 Å². The van der Waals surface area contributed by atoms with Crippen molar-refractivity contribution in [2.75, 3.05) is 0 Å². The monoisotopic (exact) mass is 294 g/mol. The fraction of sp³-hybridized carbons (Fsp3) is 0.667. The number of hydrogen-bond acceptors (Lipinski definition) is 1. The van der Waals surface area contributed by atoms with Gasteiger partial charge in [-0.2, -0.15) is 0 Å². The summed E-state index contributed by atoms with van der Waals surface area (Å²) in [5, 5.41) is 0. The quantitative estimate of drug-likeness (QED) is 0.592. The van der Waals surface area contributed by atoms with Crippen LogP contribution in [0.15, 0.2) is 23.3 Å². The molecule has 116 valence electrons. The Morgan fingerprint density at radius 1 is 1.14 bits per heavy atom. The van der Waals surface area contributed by atoms with Crippen LogP contribution in [0.4, 0.5) is 0 Å². The maximum atomic E-state index is 11.8. The van der Waals surface area contributed by atoms with E-state index in [9.17, 15) is 4.79 Å². The second kappa shape index (κ2) is 4.60. The van der Waals surface area contributed by atoms with E-state index in [0.717, 1.165) is 37.0 Å². The fourth-order valence-electron chi connectivity index (χ4n) is 6.35. The summed E-state index contributed by atoms with van der Waals surface area (Å²) >= 11 is 0. The van der Waals surface area contributed by atoms with Gasteiger partial charge >= 0.3 is 0 Å². The van der Waals surface area contributed by atoms with Crippen LogP contribution in [0.2, 0.25) is 0 Å². The topological polar surface area (TPSA) is 17.1 Å². The van der Waals surface area contributed by atoms with Crippen molar-refractivity contribution in [2.45, 2.75) is 58.8 Å². The normalized spacial score (nSPS) is 46.8. The molecule has 0 heterocycles. The average molecular weight is 294 g/mol. The van der Waals surface area contributed by atoms with Crippen molar-refractivity contribution >= 4 is 5.78 Å². The summed E-state index contributed by atoms with van der Waals surface area (Å²) in [7, 11) is 0. The van der Waals surface area contributed by atoms with Gasteiger partial charge in [-0.15, -0.1) is 6.42 Å². The van der Waals surface area contributed by atoms with Gasteiger partial charge in [-0.3, -0.25) is 4.79 Å². The Bertz CT molecular complexity index is 631. The maximum Gasteiger partial charge on any atom is 0.155 e.